The van der Waals surface area contributed by atoms with Gasteiger partial charge in [0.1, 0.15) is 0 Å². The van der Waals surface area contributed by atoms with Gasteiger partial charge in [0.2, 0.25) is 0 Å². The summed E-state index contributed by atoms with van der Waals surface area (Å²) in [6, 6.07) is 6.20. The van der Waals surface area contributed by atoms with Crippen LogP contribution in [0.25, 0.3) is 0 Å². The van der Waals surface area contributed by atoms with E-state index >= 15 is 0 Å². The highest BCUT2D eigenvalue weighted by Gasteiger charge is 2.12. The first kappa shape index (κ1) is 11.3. The second-order valence-corrected chi connectivity index (χ2v) is 4.96. The van der Waals surface area contributed by atoms with Crippen LogP contribution in [0.4, 0.5) is 11.4 Å². The molecule has 0 heterocycles. The number of benzene rings is 1. The summed E-state index contributed by atoms with van der Waals surface area (Å²) < 4.78 is 0. The molecule has 0 saturated heterocycles. The summed E-state index contributed by atoms with van der Waals surface area (Å²) in [5.74, 6) is 0.867. The van der Waals surface area contributed by atoms with E-state index in [9.17, 15) is 0 Å². The fraction of sp³-hybridized carbons (Fsp3) is 0.571. The molecule has 16 heavy (non-hydrogen) atoms. The summed E-state index contributed by atoms with van der Waals surface area (Å²) in [5.41, 5.74) is 9.04. The molecule has 1 aliphatic rings. The molecule has 2 nitrogen and oxygen atoms in total. The Bertz CT molecular complexity index is 341. The van der Waals surface area contributed by atoms with Crippen molar-refractivity contribution in [2.75, 3.05) is 17.6 Å². The molecule has 1 fully saturated rings. The van der Waals surface area contributed by atoms with E-state index in [1.807, 2.05) is 6.07 Å². The third-order valence-corrected chi connectivity index (χ3v) is 3.59. The topological polar surface area (TPSA) is 38.0 Å². The maximum Gasteiger partial charge on any atom is 0.0345 e. The molecule has 0 aliphatic heterocycles. The van der Waals surface area contributed by atoms with Crippen LogP contribution in [-0.4, -0.2) is 6.54 Å². The van der Waals surface area contributed by atoms with Gasteiger partial charge in [-0.1, -0.05) is 19.3 Å². The van der Waals surface area contributed by atoms with Crippen molar-refractivity contribution >= 4 is 11.4 Å². The van der Waals surface area contributed by atoms with Crippen LogP contribution in [0.3, 0.4) is 0 Å². The van der Waals surface area contributed by atoms with Gasteiger partial charge >= 0.3 is 0 Å². The number of nitrogens with one attached hydrogen (secondary N) is 1. The third-order valence-electron chi connectivity index (χ3n) is 3.59. The van der Waals surface area contributed by atoms with Gasteiger partial charge in [0.05, 0.1) is 0 Å². The molecule has 2 heteroatoms. The van der Waals surface area contributed by atoms with Crippen molar-refractivity contribution in [1.29, 1.82) is 0 Å². The minimum absolute atomic E-state index is 0.867. The zero-order chi connectivity index (χ0) is 11.4. The Hall–Kier alpha value is -1.18. The van der Waals surface area contributed by atoms with Crippen molar-refractivity contribution in [2.45, 2.75) is 39.0 Å². The third kappa shape index (κ3) is 2.91. The van der Waals surface area contributed by atoms with Crippen molar-refractivity contribution in [2.24, 2.45) is 5.92 Å². The zero-order valence-electron chi connectivity index (χ0n) is 10.1. The second kappa shape index (κ2) is 5.24. The average molecular weight is 218 g/mol. The SMILES string of the molecule is Cc1cc(NCC2CCCCC2)ccc1N. The molecule has 1 saturated carbocycles. The van der Waals surface area contributed by atoms with E-state index in [2.05, 4.69) is 24.4 Å². The van der Waals surface area contributed by atoms with Crippen molar-refractivity contribution in [3.05, 3.63) is 23.8 Å². The smallest absolute Gasteiger partial charge is 0.0345 e. The minimum atomic E-state index is 0.867. The van der Waals surface area contributed by atoms with Crippen LogP contribution < -0.4 is 11.1 Å². The number of nitrogen functional groups attached to an aromatic ring is 1. The molecule has 0 atom stereocenters. The highest BCUT2D eigenvalue weighted by atomic mass is 14.9. The lowest BCUT2D eigenvalue weighted by Crippen LogP contribution is -2.17. The first-order chi connectivity index (χ1) is 7.75. The fourth-order valence-corrected chi connectivity index (χ4v) is 2.44. The lowest BCUT2D eigenvalue weighted by atomic mass is 9.89. The van der Waals surface area contributed by atoms with Gasteiger partial charge in [-0.15, -0.1) is 0 Å². The number of rotatable bonds is 3. The number of anilines is 2. The lowest BCUT2D eigenvalue weighted by molar-refractivity contribution is 0.373. The molecule has 1 aromatic rings. The standard InChI is InChI=1S/C14H22N2/c1-11-9-13(7-8-14(11)15)16-10-12-5-3-2-4-6-12/h7-9,12,16H,2-6,10,15H2,1H3. The van der Waals surface area contributed by atoms with E-state index in [-0.39, 0.29) is 0 Å². The molecule has 1 aliphatic carbocycles. The van der Waals surface area contributed by atoms with Crippen molar-refractivity contribution in [3.8, 4) is 0 Å². The first-order valence-corrected chi connectivity index (χ1v) is 6.36. The molecule has 0 spiro atoms. The quantitative estimate of drug-likeness (QED) is 0.761. The van der Waals surface area contributed by atoms with Crippen LogP contribution in [0.5, 0.6) is 0 Å². The van der Waals surface area contributed by atoms with E-state index in [4.69, 9.17) is 5.73 Å². The predicted molar refractivity (Wildman–Crippen MR) is 70.7 cm³/mol. The Labute approximate surface area is 98.2 Å². The normalized spacial score (nSPS) is 17.3. The molecular weight excluding hydrogens is 196 g/mol. The van der Waals surface area contributed by atoms with E-state index < -0.39 is 0 Å². The highest BCUT2D eigenvalue weighted by molar-refractivity contribution is 5.56. The van der Waals surface area contributed by atoms with Gasteiger partial charge in [-0.3, -0.25) is 0 Å². The molecule has 88 valence electrons. The van der Waals surface area contributed by atoms with Gasteiger partial charge in [0.15, 0.2) is 0 Å². The molecule has 0 unspecified atom stereocenters. The molecule has 0 radical (unpaired) electrons. The Morgan fingerprint density at radius 1 is 1.25 bits per heavy atom. The van der Waals surface area contributed by atoms with Gasteiger partial charge in [0.25, 0.3) is 0 Å². The molecule has 0 bridgehead atoms. The molecule has 0 aromatic heterocycles. The highest BCUT2D eigenvalue weighted by Crippen LogP contribution is 2.24. The van der Waals surface area contributed by atoms with E-state index in [1.54, 1.807) is 0 Å². The van der Waals surface area contributed by atoms with E-state index in [0.717, 1.165) is 23.7 Å². The number of nitrogens with two attached hydrogens (primary N) is 1. The molecule has 0 amide bonds. The summed E-state index contributed by atoms with van der Waals surface area (Å²) in [5, 5.41) is 3.53. The molecule has 2 rings (SSSR count). The fourth-order valence-electron chi connectivity index (χ4n) is 2.44. The van der Waals surface area contributed by atoms with Crippen molar-refractivity contribution in [1.82, 2.24) is 0 Å². The van der Waals surface area contributed by atoms with Crippen LogP contribution in [0.1, 0.15) is 37.7 Å². The maximum absolute atomic E-state index is 5.80. The lowest BCUT2D eigenvalue weighted by Gasteiger charge is -2.22. The Morgan fingerprint density at radius 3 is 2.69 bits per heavy atom. The monoisotopic (exact) mass is 218 g/mol. The molecule has 1 aromatic carbocycles. The Balaban J connectivity index is 1.86. The van der Waals surface area contributed by atoms with Gasteiger partial charge in [-0.25, -0.2) is 0 Å². The van der Waals surface area contributed by atoms with Crippen LogP contribution in [0.2, 0.25) is 0 Å². The summed E-state index contributed by atoms with van der Waals surface area (Å²) in [4.78, 5) is 0. The van der Waals surface area contributed by atoms with Crippen molar-refractivity contribution in [3.63, 3.8) is 0 Å². The van der Waals surface area contributed by atoms with Crippen LogP contribution in [-0.2, 0) is 0 Å². The summed E-state index contributed by atoms with van der Waals surface area (Å²) in [7, 11) is 0. The van der Waals surface area contributed by atoms with Gasteiger partial charge < -0.3 is 11.1 Å². The maximum atomic E-state index is 5.80. The van der Waals surface area contributed by atoms with E-state index in [1.165, 1.54) is 37.8 Å². The van der Waals surface area contributed by atoms with Crippen molar-refractivity contribution < 1.29 is 0 Å². The predicted octanol–water partition coefficient (Wildman–Crippen LogP) is 3.57. The van der Waals surface area contributed by atoms with Gasteiger partial charge in [-0.05, 0) is 49.4 Å². The number of aryl methyl sites for hydroxylation is 1. The molecule has 3 N–H and O–H groups in total. The van der Waals surface area contributed by atoms with Crippen LogP contribution in [0.15, 0.2) is 18.2 Å². The average Bonchev–Trinajstić information content (AvgIpc) is 2.32. The second-order valence-electron chi connectivity index (χ2n) is 4.96. The Morgan fingerprint density at radius 2 is 2.00 bits per heavy atom. The number of hydrogen-bond donors (Lipinski definition) is 2. The molecular formula is C14H22N2. The zero-order valence-corrected chi connectivity index (χ0v) is 10.1. The van der Waals surface area contributed by atoms with Crippen LogP contribution >= 0.6 is 0 Å². The summed E-state index contributed by atoms with van der Waals surface area (Å²) in [6.45, 7) is 3.17. The Kier molecular flexibility index (Phi) is 3.70. The number of hydrogen-bond acceptors (Lipinski definition) is 2. The van der Waals surface area contributed by atoms with Crippen LogP contribution in [0, 0.1) is 12.8 Å². The van der Waals surface area contributed by atoms with Gasteiger partial charge in [0, 0.05) is 17.9 Å². The minimum Gasteiger partial charge on any atom is -0.399 e. The summed E-state index contributed by atoms with van der Waals surface area (Å²) in [6.07, 6.45) is 7.03. The first-order valence-electron chi connectivity index (χ1n) is 6.36. The van der Waals surface area contributed by atoms with E-state index in [0.29, 0.717) is 0 Å². The van der Waals surface area contributed by atoms with Gasteiger partial charge in [-0.2, -0.15) is 0 Å². The largest absolute Gasteiger partial charge is 0.399 e. The summed E-state index contributed by atoms with van der Waals surface area (Å²) >= 11 is 0.